The number of piperidine rings is 1. The molecular formula is C22H26F3N3O3. The molecule has 3 rings (SSSR count). The van der Waals surface area contributed by atoms with Gasteiger partial charge in [0.25, 0.3) is 0 Å². The number of likely N-dealkylation sites (tertiary alicyclic amines) is 1. The van der Waals surface area contributed by atoms with Crippen molar-refractivity contribution < 1.29 is 22.7 Å². The highest BCUT2D eigenvalue weighted by Gasteiger charge is 2.33. The Kier molecular flexibility index (Phi) is 7.04. The minimum absolute atomic E-state index is 0.0690. The molecule has 9 heteroatoms. The fourth-order valence-electron chi connectivity index (χ4n) is 3.66. The number of nitrogens with zero attached hydrogens (tertiary/aromatic N) is 2. The van der Waals surface area contributed by atoms with E-state index in [9.17, 15) is 22.8 Å². The first-order valence-electron chi connectivity index (χ1n) is 10.1. The Labute approximate surface area is 178 Å². The number of hydrogen-bond acceptors (Lipinski definition) is 4. The van der Waals surface area contributed by atoms with Crippen molar-refractivity contribution in [2.75, 3.05) is 25.5 Å². The van der Waals surface area contributed by atoms with E-state index in [0.717, 1.165) is 32.0 Å². The van der Waals surface area contributed by atoms with Crippen molar-refractivity contribution in [3.63, 3.8) is 0 Å². The van der Waals surface area contributed by atoms with Crippen LogP contribution in [0, 0.1) is 5.92 Å². The lowest BCUT2D eigenvalue weighted by atomic mass is 9.99. The van der Waals surface area contributed by atoms with E-state index >= 15 is 0 Å². The number of ether oxygens (including phenoxy) is 1. The minimum Gasteiger partial charge on any atom is -0.491 e. The quantitative estimate of drug-likeness (QED) is 0.748. The Balaban J connectivity index is 1.81. The number of pyridine rings is 1. The number of carbonyl (C=O) groups is 1. The van der Waals surface area contributed by atoms with Gasteiger partial charge in [0.05, 0.1) is 24.6 Å². The summed E-state index contributed by atoms with van der Waals surface area (Å²) < 4.78 is 46.3. The lowest BCUT2D eigenvalue weighted by Crippen LogP contribution is -2.34. The van der Waals surface area contributed by atoms with Crippen molar-refractivity contribution in [2.24, 2.45) is 5.92 Å². The van der Waals surface area contributed by atoms with Crippen LogP contribution in [-0.2, 0) is 24.1 Å². The van der Waals surface area contributed by atoms with Crippen molar-refractivity contribution >= 4 is 11.6 Å². The maximum atomic E-state index is 13.2. The second-order valence-corrected chi connectivity index (χ2v) is 7.88. The van der Waals surface area contributed by atoms with Gasteiger partial charge in [0.15, 0.2) is 5.75 Å². The fourth-order valence-corrected chi connectivity index (χ4v) is 3.66. The monoisotopic (exact) mass is 437 g/mol. The lowest BCUT2D eigenvalue weighted by molar-refractivity contribution is -0.137. The predicted octanol–water partition coefficient (Wildman–Crippen LogP) is 3.75. The molecular weight excluding hydrogens is 411 g/mol. The number of nitrogens with one attached hydrogen (secondary N) is 1. The third kappa shape index (κ3) is 5.88. The number of alkyl halides is 3. The number of carbonyl (C=O) groups excluding carboxylic acids is 1. The average molecular weight is 437 g/mol. The third-order valence-electron chi connectivity index (χ3n) is 5.48. The summed E-state index contributed by atoms with van der Waals surface area (Å²) in [5.41, 5.74) is -0.912. The zero-order valence-electron chi connectivity index (χ0n) is 17.5. The predicted molar refractivity (Wildman–Crippen MR) is 111 cm³/mol. The summed E-state index contributed by atoms with van der Waals surface area (Å²) in [6.45, 7) is 4.18. The molecule has 168 valence electrons. The van der Waals surface area contributed by atoms with Crippen LogP contribution in [0.5, 0.6) is 5.75 Å². The third-order valence-corrected chi connectivity index (χ3v) is 5.48. The first-order chi connectivity index (χ1) is 14.7. The van der Waals surface area contributed by atoms with E-state index in [2.05, 4.69) is 17.1 Å². The number of hydrogen-bond donors (Lipinski definition) is 1. The van der Waals surface area contributed by atoms with E-state index in [-0.39, 0.29) is 23.4 Å². The molecule has 1 aliphatic heterocycles. The minimum atomic E-state index is -4.58. The van der Waals surface area contributed by atoms with Crippen molar-refractivity contribution in [2.45, 2.75) is 39.0 Å². The molecule has 1 aromatic heterocycles. The van der Waals surface area contributed by atoms with Crippen LogP contribution in [0.4, 0.5) is 18.9 Å². The highest BCUT2D eigenvalue weighted by Crippen LogP contribution is 2.34. The molecule has 2 aromatic rings. The van der Waals surface area contributed by atoms with Gasteiger partial charge in [-0.25, -0.2) is 0 Å². The number of benzene rings is 1. The second-order valence-electron chi connectivity index (χ2n) is 7.88. The Hall–Kier alpha value is -2.81. The maximum absolute atomic E-state index is 13.2. The van der Waals surface area contributed by atoms with Crippen LogP contribution in [0.1, 0.15) is 31.0 Å². The van der Waals surface area contributed by atoms with Crippen LogP contribution in [0.25, 0.3) is 0 Å². The van der Waals surface area contributed by atoms with Gasteiger partial charge < -0.3 is 14.6 Å². The van der Waals surface area contributed by atoms with Crippen LogP contribution in [0.3, 0.4) is 0 Å². The van der Waals surface area contributed by atoms with Gasteiger partial charge >= 0.3 is 6.18 Å². The standard InChI is InChI=1S/C22H26F3N3O3/c1-15-7-9-27(10-8-15)12-16-11-19(29)20(31-2)13-28(16)14-21(30)26-18-6-4-3-5-17(18)22(23,24)25/h3-6,11,13,15H,7-10,12,14H2,1-2H3,(H,26,30). The Bertz CT molecular complexity index is 980. The number of para-hydroxylation sites is 1. The van der Waals surface area contributed by atoms with Gasteiger partial charge in [-0.15, -0.1) is 0 Å². The molecule has 1 amide bonds. The molecule has 1 aliphatic rings. The Morgan fingerprint density at radius 3 is 2.55 bits per heavy atom. The summed E-state index contributed by atoms with van der Waals surface area (Å²) >= 11 is 0. The van der Waals surface area contributed by atoms with E-state index in [0.29, 0.717) is 18.2 Å². The molecule has 0 radical (unpaired) electrons. The zero-order valence-corrected chi connectivity index (χ0v) is 17.5. The largest absolute Gasteiger partial charge is 0.491 e. The summed E-state index contributed by atoms with van der Waals surface area (Å²) in [4.78, 5) is 27.1. The normalized spacial score (nSPS) is 15.6. The van der Waals surface area contributed by atoms with Gasteiger partial charge in [0.2, 0.25) is 11.3 Å². The van der Waals surface area contributed by atoms with E-state index in [1.54, 1.807) is 4.57 Å². The molecule has 2 heterocycles. The maximum Gasteiger partial charge on any atom is 0.418 e. The molecule has 0 aliphatic carbocycles. The molecule has 0 bridgehead atoms. The molecule has 31 heavy (non-hydrogen) atoms. The summed E-state index contributed by atoms with van der Waals surface area (Å²) in [6.07, 6.45) is -1.05. The van der Waals surface area contributed by atoms with Gasteiger partial charge in [0.1, 0.15) is 6.54 Å². The topological polar surface area (TPSA) is 63.6 Å². The smallest absolute Gasteiger partial charge is 0.418 e. The van der Waals surface area contributed by atoms with E-state index < -0.39 is 17.6 Å². The van der Waals surface area contributed by atoms with Gasteiger partial charge in [-0.3, -0.25) is 14.5 Å². The number of methoxy groups -OCH3 is 1. The molecule has 1 aromatic carbocycles. The van der Waals surface area contributed by atoms with Gasteiger partial charge in [-0.1, -0.05) is 19.1 Å². The van der Waals surface area contributed by atoms with Gasteiger partial charge in [-0.05, 0) is 44.0 Å². The highest BCUT2D eigenvalue weighted by molar-refractivity contribution is 5.91. The van der Waals surface area contributed by atoms with Crippen molar-refractivity contribution in [1.29, 1.82) is 0 Å². The fraction of sp³-hybridized carbons (Fsp3) is 0.455. The molecule has 1 fully saturated rings. The van der Waals surface area contributed by atoms with Crippen LogP contribution < -0.4 is 15.5 Å². The second kappa shape index (κ2) is 9.55. The van der Waals surface area contributed by atoms with Crippen LogP contribution in [0.15, 0.2) is 41.3 Å². The van der Waals surface area contributed by atoms with Crippen molar-refractivity contribution in [3.05, 3.63) is 58.0 Å². The van der Waals surface area contributed by atoms with Crippen molar-refractivity contribution in [1.82, 2.24) is 9.47 Å². The van der Waals surface area contributed by atoms with E-state index in [4.69, 9.17) is 4.74 Å². The van der Waals surface area contributed by atoms with Crippen LogP contribution in [-0.4, -0.2) is 35.6 Å². The molecule has 0 spiro atoms. The van der Waals surface area contributed by atoms with Crippen LogP contribution >= 0.6 is 0 Å². The first kappa shape index (κ1) is 22.9. The lowest BCUT2D eigenvalue weighted by Gasteiger charge is -2.31. The number of rotatable bonds is 6. The summed E-state index contributed by atoms with van der Waals surface area (Å²) in [7, 11) is 1.35. The molecule has 1 N–H and O–H groups in total. The molecule has 0 unspecified atom stereocenters. The Morgan fingerprint density at radius 2 is 1.90 bits per heavy atom. The molecule has 0 saturated carbocycles. The highest BCUT2D eigenvalue weighted by atomic mass is 19.4. The Morgan fingerprint density at radius 1 is 1.23 bits per heavy atom. The number of halogens is 3. The van der Waals surface area contributed by atoms with Gasteiger partial charge in [0, 0.05) is 18.3 Å². The van der Waals surface area contributed by atoms with Crippen LogP contribution in [0.2, 0.25) is 0 Å². The number of aromatic nitrogens is 1. The van der Waals surface area contributed by atoms with Crippen molar-refractivity contribution in [3.8, 4) is 5.75 Å². The summed E-state index contributed by atoms with van der Waals surface area (Å²) in [5, 5.41) is 2.34. The van der Waals surface area contributed by atoms with E-state index in [1.807, 2.05) is 0 Å². The number of amides is 1. The van der Waals surface area contributed by atoms with Gasteiger partial charge in [-0.2, -0.15) is 13.2 Å². The molecule has 0 atom stereocenters. The molecule has 1 saturated heterocycles. The first-order valence-corrected chi connectivity index (χ1v) is 10.1. The summed E-state index contributed by atoms with van der Waals surface area (Å²) in [6, 6.07) is 6.25. The number of anilines is 1. The SMILES string of the molecule is COc1cn(CC(=O)Nc2ccccc2C(F)(F)F)c(CN2CCC(C)CC2)cc1=O. The van der Waals surface area contributed by atoms with E-state index in [1.165, 1.54) is 37.6 Å². The average Bonchev–Trinajstić information content (AvgIpc) is 2.71. The molecule has 6 nitrogen and oxygen atoms in total. The zero-order chi connectivity index (χ0) is 22.6. The summed E-state index contributed by atoms with van der Waals surface area (Å²) in [5.74, 6) is 0.0872.